The quantitative estimate of drug-likeness (QED) is 0.874. The summed E-state index contributed by atoms with van der Waals surface area (Å²) in [6.07, 6.45) is 0.150. The molecule has 0 saturated carbocycles. The Morgan fingerprint density at radius 2 is 1.71 bits per heavy atom. The number of hydrogen-bond donors (Lipinski definition) is 1. The van der Waals surface area contributed by atoms with Crippen molar-refractivity contribution in [2.45, 2.75) is 38.5 Å². The molecule has 2 aromatic carbocycles. The van der Waals surface area contributed by atoms with E-state index >= 15 is 0 Å². The van der Waals surface area contributed by atoms with Gasteiger partial charge in [0.25, 0.3) is 0 Å². The predicted octanol–water partition coefficient (Wildman–Crippen LogP) is 4.57. The first-order chi connectivity index (χ1) is 9.88. The van der Waals surface area contributed by atoms with Crippen molar-refractivity contribution >= 4 is 5.97 Å². The molecule has 1 aliphatic rings. The molecule has 108 valence electrons. The first-order valence-electron chi connectivity index (χ1n) is 7.33. The van der Waals surface area contributed by atoms with Crippen LogP contribution in [0.3, 0.4) is 0 Å². The molecular formula is C19H20O2. The molecule has 0 amide bonds. The van der Waals surface area contributed by atoms with Crippen LogP contribution in [-0.2, 0) is 10.2 Å². The van der Waals surface area contributed by atoms with Crippen LogP contribution in [0, 0.1) is 0 Å². The molecule has 0 spiro atoms. The van der Waals surface area contributed by atoms with Gasteiger partial charge in [0.1, 0.15) is 0 Å². The first-order valence-corrected chi connectivity index (χ1v) is 7.33. The summed E-state index contributed by atoms with van der Waals surface area (Å²) in [6, 6.07) is 14.7. The number of rotatable bonds is 2. The Morgan fingerprint density at radius 1 is 1.05 bits per heavy atom. The van der Waals surface area contributed by atoms with Crippen molar-refractivity contribution < 1.29 is 9.90 Å². The van der Waals surface area contributed by atoms with Crippen molar-refractivity contribution in [1.82, 2.24) is 0 Å². The number of fused-ring (bicyclic) bond motifs is 3. The van der Waals surface area contributed by atoms with Crippen LogP contribution in [0.5, 0.6) is 0 Å². The maximum atomic E-state index is 11.3. The Balaban J connectivity index is 2.18. The molecule has 0 saturated heterocycles. The smallest absolute Gasteiger partial charge is 0.304 e. The minimum atomic E-state index is -0.746. The number of aliphatic carboxylic acids is 1. The van der Waals surface area contributed by atoms with Gasteiger partial charge in [-0.15, -0.1) is 0 Å². The Bertz CT molecular complexity index is 708. The molecule has 0 fully saturated rings. The zero-order valence-electron chi connectivity index (χ0n) is 12.7. The molecule has 0 aliphatic heterocycles. The average molecular weight is 280 g/mol. The Labute approximate surface area is 125 Å². The monoisotopic (exact) mass is 280 g/mol. The highest BCUT2D eigenvalue weighted by Gasteiger charge is 2.31. The molecule has 21 heavy (non-hydrogen) atoms. The van der Waals surface area contributed by atoms with Crippen molar-refractivity contribution in [1.29, 1.82) is 0 Å². The summed E-state index contributed by atoms with van der Waals surface area (Å²) in [5.74, 6) is -0.778. The molecule has 0 radical (unpaired) electrons. The average Bonchev–Trinajstić information content (AvgIpc) is 2.72. The van der Waals surface area contributed by atoms with Gasteiger partial charge >= 0.3 is 5.97 Å². The lowest BCUT2D eigenvalue weighted by Crippen LogP contribution is -2.12. The molecular weight excluding hydrogens is 260 g/mol. The zero-order valence-corrected chi connectivity index (χ0v) is 12.7. The van der Waals surface area contributed by atoms with Gasteiger partial charge in [-0.3, -0.25) is 4.79 Å². The maximum absolute atomic E-state index is 11.3. The summed E-state index contributed by atoms with van der Waals surface area (Å²) in [6.45, 7) is 6.55. The third-order valence-electron chi connectivity index (χ3n) is 4.30. The second kappa shape index (κ2) is 4.73. The normalized spacial score (nSPS) is 16.4. The van der Waals surface area contributed by atoms with Crippen LogP contribution in [-0.4, -0.2) is 11.1 Å². The van der Waals surface area contributed by atoms with Crippen LogP contribution in [0.1, 0.15) is 49.8 Å². The third-order valence-corrected chi connectivity index (χ3v) is 4.30. The van der Waals surface area contributed by atoms with E-state index in [9.17, 15) is 9.90 Å². The summed E-state index contributed by atoms with van der Waals surface area (Å²) < 4.78 is 0. The van der Waals surface area contributed by atoms with Crippen molar-refractivity contribution in [3.8, 4) is 11.1 Å². The molecule has 1 atom stereocenters. The number of carboxylic acids is 1. The van der Waals surface area contributed by atoms with Crippen LogP contribution in [0.2, 0.25) is 0 Å². The van der Waals surface area contributed by atoms with Crippen molar-refractivity contribution in [2.24, 2.45) is 0 Å². The molecule has 1 aliphatic carbocycles. The third kappa shape index (κ3) is 2.35. The minimum absolute atomic E-state index is 0.0315. The van der Waals surface area contributed by atoms with Crippen LogP contribution in [0.4, 0.5) is 0 Å². The number of carboxylic acid groups (broad SMARTS) is 1. The van der Waals surface area contributed by atoms with E-state index in [1.54, 1.807) is 0 Å². The highest BCUT2D eigenvalue weighted by atomic mass is 16.4. The van der Waals surface area contributed by atoms with Gasteiger partial charge in [-0.25, -0.2) is 0 Å². The predicted molar refractivity (Wildman–Crippen MR) is 84.7 cm³/mol. The lowest BCUT2D eigenvalue weighted by atomic mass is 9.83. The molecule has 2 aromatic rings. The van der Waals surface area contributed by atoms with E-state index < -0.39 is 5.97 Å². The summed E-state index contributed by atoms with van der Waals surface area (Å²) in [4.78, 5) is 11.3. The Kier molecular flexibility index (Phi) is 3.12. The minimum Gasteiger partial charge on any atom is -0.481 e. The summed E-state index contributed by atoms with van der Waals surface area (Å²) in [5, 5.41) is 9.25. The SMILES string of the molecule is CC(C)(C)c1ccc2c(c1)C(CC(=O)O)c1ccccc1-2. The van der Waals surface area contributed by atoms with E-state index in [4.69, 9.17) is 0 Å². The van der Waals surface area contributed by atoms with E-state index in [1.165, 1.54) is 16.7 Å². The topological polar surface area (TPSA) is 37.3 Å². The van der Waals surface area contributed by atoms with Gasteiger partial charge in [0.15, 0.2) is 0 Å². The van der Waals surface area contributed by atoms with Crippen LogP contribution < -0.4 is 0 Å². The van der Waals surface area contributed by atoms with Gasteiger partial charge in [0, 0.05) is 5.92 Å². The van der Waals surface area contributed by atoms with E-state index in [1.807, 2.05) is 12.1 Å². The van der Waals surface area contributed by atoms with Gasteiger partial charge in [0.05, 0.1) is 6.42 Å². The molecule has 2 nitrogen and oxygen atoms in total. The van der Waals surface area contributed by atoms with Gasteiger partial charge in [-0.1, -0.05) is 63.2 Å². The fraction of sp³-hybridized carbons (Fsp3) is 0.316. The number of benzene rings is 2. The van der Waals surface area contributed by atoms with E-state index in [0.29, 0.717) is 0 Å². The number of hydrogen-bond acceptors (Lipinski definition) is 1. The van der Waals surface area contributed by atoms with E-state index in [-0.39, 0.29) is 17.8 Å². The van der Waals surface area contributed by atoms with Gasteiger partial charge in [-0.05, 0) is 33.2 Å². The largest absolute Gasteiger partial charge is 0.481 e. The Morgan fingerprint density at radius 3 is 2.38 bits per heavy atom. The number of carbonyl (C=O) groups is 1. The van der Waals surface area contributed by atoms with Crippen molar-refractivity contribution in [2.75, 3.05) is 0 Å². The van der Waals surface area contributed by atoms with Crippen LogP contribution in [0.25, 0.3) is 11.1 Å². The van der Waals surface area contributed by atoms with Crippen molar-refractivity contribution in [3.05, 3.63) is 59.2 Å². The molecule has 0 aromatic heterocycles. The second-order valence-corrected chi connectivity index (χ2v) is 6.79. The second-order valence-electron chi connectivity index (χ2n) is 6.79. The Hall–Kier alpha value is -2.09. The fourth-order valence-corrected chi connectivity index (χ4v) is 3.17. The maximum Gasteiger partial charge on any atom is 0.304 e. The first kappa shape index (κ1) is 13.9. The fourth-order valence-electron chi connectivity index (χ4n) is 3.17. The molecule has 0 heterocycles. The summed E-state index contributed by atoms with van der Waals surface area (Å²) in [7, 11) is 0. The highest BCUT2D eigenvalue weighted by molar-refractivity contribution is 5.82. The zero-order chi connectivity index (χ0) is 15.2. The van der Waals surface area contributed by atoms with Gasteiger partial charge in [0.2, 0.25) is 0 Å². The van der Waals surface area contributed by atoms with Crippen molar-refractivity contribution in [3.63, 3.8) is 0 Å². The standard InChI is InChI=1S/C19H20O2/c1-19(2,3)12-8-9-15-13-6-4-5-7-14(13)17(11-18(20)21)16(15)10-12/h4-10,17H,11H2,1-3H3,(H,20,21). The van der Waals surface area contributed by atoms with Crippen LogP contribution >= 0.6 is 0 Å². The van der Waals surface area contributed by atoms with Gasteiger partial charge in [-0.2, -0.15) is 0 Å². The van der Waals surface area contributed by atoms with E-state index in [2.05, 4.69) is 51.1 Å². The lowest BCUT2D eigenvalue weighted by molar-refractivity contribution is -0.137. The lowest BCUT2D eigenvalue weighted by Gasteiger charge is -2.21. The molecule has 3 rings (SSSR count). The molecule has 0 bridgehead atoms. The van der Waals surface area contributed by atoms with E-state index in [0.717, 1.165) is 11.1 Å². The van der Waals surface area contributed by atoms with Gasteiger partial charge < -0.3 is 5.11 Å². The molecule has 2 heteroatoms. The summed E-state index contributed by atoms with van der Waals surface area (Å²) in [5.41, 5.74) is 5.98. The highest BCUT2D eigenvalue weighted by Crippen LogP contribution is 2.47. The summed E-state index contributed by atoms with van der Waals surface area (Å²) >= 11 is 0. The molecule has 1 unspecified atom stereocenters. The molecule has 1 N–H and O–H groups in total. The van der Waals surface area contributed by atoms with Crippen LogP contribution in [0.15, 0.2) is 42.5 Å².